The van der Waals surface area contributed by atoms with Crippen LogP contribution in [0.3, 0.4) is 0 Å². The molecule has 0 aliphatic rings. The number of anilines is 1. The van der Waals surface area contributed by atoms with Crippen molar-refractivity contribution < 1.29 is 9.53 Å². The molecule has 2 rings (SSSR count). The predicted molar refractivity (Wildman–Crippen MR) is 88.3 cm³/mol. The molecule has 0 aliphatic heterocycles. The molecule has 0 radical (unpaired) electrons. The molecular formula is C17H19NO2S. The molecule has 2 aromatic rings. The molecule has 21 heavy (non-hydrogen) atoms. The summed E-state index contributed by atoms with van der Waals surface area (Å²) in [6, 6.07) is 13.7. The standard InChI is InChI=1S/C17H19NO2S/c1-12-8-9-13(2)16(10-12)21-11-17(19)18-14-6-4-5-7-15(14)20-3/h4-10H,11H2,1-3H3,(H,18,19). The first-order valence-electron chi connectivity index (χ1n) is 6.73. The molecule has 1 amide bonds. The van der Waals surface area contributed by atoms with Crippen LogP contribution in [-0.4, -0.2) is 18.8 Å². The summed E-state index contributed by atoms with van der Waals surface area (Å²) in [5.41, 5.74) is 3.09. The highest BCUT2D eigenvalue weighted by atomic mass is 32.2. The van der Waals surface area contributed by atoms with Gasteiger partial charge in [-0.25, -0.2) is 0 Å². The maximum absolute atomic E-state index is 12.1. The van der Waals surface area contributed by atoms with Gasteiger partial charge in [-0.1, -0.05) is 29.8 Å². The van der Waals surface area contributed by atoms with Gasteiger partial charge in [-0.2, -0.15) is 0 Å². The zero-order chi connectivity index (χ0) is 15.2. The van der Waals surface area contributed by atoms with E-state index in [2.05, 4.69) is 37.4 Å². The van der Waals surface area contributed by atoms with Crippen LogP contribution in [-0.2, 0) is 4.79 Å². The third-order valence-corrected chi connectivity index (χ3v) is 4.24. The summed E-state index contributed by atoms with van der Waals surface area (Å²) in [6.07, 6.45) is 0. The van der Waals surface area contributed by atoms with Crippen LogP contribution in [0, 0.1) is 13.8 Å². The number of hydrogen-bond acceptors (Lipinski definition) is 3. The Morgan fingerprint density at radius 3 is 2.71 bits per heavy atom. The predicted octanol–water partition coefficient (Wildman–Crippen LogP) is 4.04. The van der Waals surface area contributed by atoms with E-state index in [0.29, 0.717) is 17.2 Å². The van der Waals surface area contributed by atoms with E-state index in [9.17, 15) is 4.79 Å². The van der Waals surface area contributed by atoms with Crippen molar-refractivity contribution in [1.29, 1.82) is 0 Å². The molecule has 0 bridgehead atoms. The normalized spacial score (nSPS) is 10.2. The van der Waals surface area contributed by atoms with E-state index in [1.54, 1.807) is 18.9 Å². The number of aryl methyl sites for hydroxylation is 2. The number of ether oxygens (including phenoxy) is 1. The quantitative estimate of drug-likeness (QED) is 0.847. The van der Waals surface area contributed by atoms with E-state index in [0.717, 1.165) is 4.90 Å². The van der Waals surface area contributed by atoms with Gasteiger partial charge in [-0.15, -0.1) is 11.8 Å². The highest BCUT2D eigenvalue weighted by molar-refractivity contribution is 8.00. The number of carbonyl (C=O) groups is 1. The van der Waals surface area contributed by atoms with Crippen molar-refractivity contribution in [3.63, 3.8) is 0 Å². The number of para-hydroxylation sites is 2. The van der Waals surface area contributed by atoms with Crippen LogP contribution in [0.5, 0.6) is 5.75 Å². The fourth-order valence-electron chi connectivity index (χ4n) is 1.94. The van der Waals surface area contributed by atoms with E-state index < -0.39 is 0 Å². The molecule has 0 aliphatic carbocycles. The minimum absolute atomic E-state index is 0.0367. The molecule has 0 fully saturated rings. The van der Waals surface area contributed by atoms with Gasteiger partial charge >= 0.3 is 0 Å². The summed E-state index contributed by atoms with van der Waals surface area (Å²) >= 11 is 1.55. The highest BCUT2D eigenvalue weighted by Gasteiger charge is 2.08. The minimum atomic E-state index is -0.0367. The molecule has 4 heteroatoms. The second kappa shape index (κ2) is 7.18. The summed E-state index contributed by atoms with van der Waals surface area (Å²) in [5, 5.41) is 2.88. The van der Waals surface area contributed by atoms with E-state index in [1.165, 1.54) is 11.1 Å². The van der Waals surface area contributed by atoms with E-state index in [1.807, 2.05) is 24.3 Å². The number of amides is 1. The topological polar surface area (TPSA) is 38.3 Å². The Bertz CT molecular complexity index is 640. The first kappa shape index (κ1) is 15.4. The molecule has 0 spiro atoms. The minimum Gasteiger partial charge on any atom is -0.495 e. The largest absolute Gasteiger partial charge is 0.495 e. The van der Waals surface area contributed by atoms with Gasteiger partial charge in [0.2, 0.25) is 5.91 Å². The molecular weight excluding hydrogens is 282 g/mol. The average Bonchev–Trinajstić information content (AvgIpc) is 2.49. The second-order valence-corrected chi connectivity index (χ2v) is 5.82. The summed E-state index contributed by atoms with van der Waals surface area (Å²) in [7, 11) is 1.59. The molecule has 0 atom stereocenters. The second-order valence-electron chi connectivity index (χ2n) is 4.81. The first-order chi connectivity index (χ1) is 10.1. The first-order valence-corrected chi connectivity index (χ1v) is 7.71. The third-order valence-electron chi connectivity index (χ3n) is 3.08. The SMILES string of the molecule is COc1ccccc1NC(=O)CSc1cc(C)ccc1C. The van der Waals surface area contributed by atoms with Crippen molar-refractivity contribution in [3.8, 4) is 5.75 Å². The summed E-state index contributed by atoms with van der Waals surface area (Å²) < 4.78 is 5.22. The van der Waals surface area contributed by atoms with Crippen LogP contribution in [0.2, 0.25) is 0 Å². The molecule has 0 saturated heterocycles. The molecule has 0 heterocycles. The van der Waals surface area contributed by atoms with Crippen LogP contribution in [0.4, 0.5) is 5.69 Å². The average molecular weight is 301 g/mol. The Morgan fingerprint density at radius 1 is 1.19 bits per heavy atom. The van der Waals surface area contributed by atoms with Crippen LogP contribution in [0.25, 0.3) is 0 Å². The Labute approximate surface area is 129 Å². The molecule has 0 aromatic heterocycles. The smallest absolute Gasteiger partial charge is 0.234 e. The number of nitrogens with one attached hydrogen (secondary N) is 1. The summed E-state index contributed by atoms with van der Waals surface area (Å²) in [5.74, 6) is 1.01. The van der Waals surface area contributed by atoms with Crippen molar-refractivity contribution in [2.75, 3.05) is 18.2 Å². The van der Waals surface area contributed by atoms with Gasteiger partial charge in [-0.05, 0) is 37.6 Å². The number of benzene rings is 2. The van der Waals surface area contributed by atoms with Crippen molar-refractivity contribution in [3.05, 3.63) is 53.6 Å². The van der Waals surface area contributed by atoms with Crippen LogP contribution < -0.4 is 10.1 Å². The number of rotatable bonds is 5. The van der Waals surface area contributed by atoms with Gasteiger partial charge in [0.1, 0.15) is 5.75 Å². The summed E-state index contributed by atoms with van der Waals surface area (Å²) in [4.78, 5) is 13.2. The fraction of sp³-hybridized carbons (Fsp3) is 0.235. The fourth-order valence-corrected chi connectivity index (χ4v) is 2.86. The molecule has 2 aromatic carbocycles. The van der Waals surface area contributed by atoms with Gasteiger partial charge in [-0.3, -0.25) is 4.79 Å². The van der Waals surface area contributed by atoms with Gasteiger partial charge in [0, 0.05) is 4.90 Å². The van der Waals surface area contributed by atoms with Gasteiger partial charge < -0.3 is 10.1 Å². The van der Waals surface area contributed by atoms with E-state index >= 15 is 0 Å². The Hall–Kier alpha value is -1.94. The van der Waals surface area contributed by atoms with Crippen LogP contribution in [0.15, 0.2) is 47.4 Å². The number of carbonyl (C=O) groups excluding carboxylic acids is 1. The maximum atomic E-state index is 12.1. The van der Waals surface area contributed by atoms with Gasteiger partial charge in [0.05, 0.1) is 18.6 Å². The zero-order valence-corrected chi connectivity index (χ0v) is 13.3. The van der Waals surface area contributed by atoms with Crippen molar-refractivity contribution >= 4 is 23.4 Å². The maximum Gasteiger partial charge on any atom is 0.234 e. The Morgan fingerprint density at radius 2 is 1.95 bits per heavy atom. The van der Waals surface area contributed by atoms with Crippen molar-refractivity contribution in [2.45, 2.75) is 18.7 Å². The summed E-state index contributed by atoms with van der Waals surface area (Å²) in [6.45, 7) is 4.11. The molecule has 0 unspecified atom stereocenters. The van der Waals surface area contributed by atoms with E-state index in [4.69, 9.17) is 4.74 Å². The van der Waals surface area contributed by atoms with Crippen LogP contribution >= 0.6 is 11.8 Å². The Balaban J connectivity index is 1.97. The Kier molecular flexibility index (Phi) is 5.28. The molecule has 110 valence electrons. The lowest BCUT2D eigenvalue weighted by atomic mass is 10.2. The molecule has 0 saturated carbocycles. The zero-order valence-electron chi connectivity index (χ0n) is 12.5. The van der Waals surface area contributed by atoms with Crippen molar-refractivity contribution in [2.24, 2.45) is 0 Å². The monoisotopic (exact) mass is 301 g/mol. The number of methoxy groups -OCH3 is 1. The molecule has 1 N–H and O–H groups in total. The molecule has 3 nitrogen and oxygen atoms in total. The lowest BCUT2D eigenvalue weighted by Gasteiger charge is -2.10. The van der Waals surface area contributed by atoms with Crippen LogP contribution in [0.1, 0.15) is 11.1 Å². The van der Waals surface area contributed by atoms with Gasteiger partial charge in [0.15, 0.2) is 0 Å². The van der Waals surface area contributed by atoms with Gasteiger partial charge in [0.25, 0.3) is 0 Å². The number of thioether (sulfide) groups is 1. The lowest BCUT2D eigenvalue weighted by Crippen LogP contribution is -2.14. The van der Waals surface area contributed by atoms with Crippen molar-refractivity contribution in [1.82, 2.24) is 0 Å². The lowest BCUT2D eigenvalue weighted by molar-refractivity contribution is -0.113. The highest BCUT2D eigenvalue weighted by Crippen LogP contribution is 2.26. The van der Waals surface area contributed by atoms with E-state index in [-0.39, 0.29) is 5.91 Å². The third kappa shape index (κ3) is 4.26. The number of hydrogen-bond donors (Lipinski definition) is 1.